The average Bonchev–Trinajstić information content (AvgIpc) is 3.79. The molecule has 6 aromatic rings. The normalized spacial score (nSPS) is 17.8. The van der Waals surface area contributed by atoms with E-state index in [1.807, 2.05) is 48.5 Å². The van der Waals surface area contributed by atoms with E-state index in [9.17, 15) is 18.8 Å². The predicted octanol–water partition coefficient (Wildman–Crippen LogP) is 10.7. The van der Waals surface area contributed by atoms with E-state index in [0.29, 0.717) is 56.5 Å². The first-order valence-corrected chi connectivity index (χ1v) is 23.2. The summed E-state index contributed by atoms with van der Waals surface area (Å²) in [6.07, 6.45) is 1.60. The highest BCUT2D eigenvalue weighted by Crippen LogP contribution is 2.27. The maximum atomic E-state index is 13.7. The Morgan fingerprint density at radius 2 is 0.909 bits per heavy atom. The number of alkyl halides is 1. The summed E-state index contributed by atoms with van der Waals surface area (Å²) in [6.45, 7) is 7.25. The van der Waals surface area contributed by atoms with Crippen LogP contribution in [0.25, 0.3) is 0 Å². The molecule has 3 aliphatic heterocycles. The van der Waals surface area contributed by atoms with Crippen molar-refractivity contribution in [3.63, 3.8) is 0 Å². The van der Waals surface area contributed by atoms with Crippen LogP contribution in [0.15, 0.2) is 146 Å². The second-order valence-corrected chi connectivity index (χ2v) is 17.5. The quantitative estimate of drug-likeness (QED) is 0.0852. The molecular formula is C52H53Cl3FN7O3. The maximum Gasteiger partial charge on any atom is 0.255 e. The van der Waals surface area contributed by atoms with Crippen LogP contribution < -0.4 is 36.8 Å². The van der Waals surface area contributed by atoms with Crippen LogP contribution in [0.1, 0.15) is 66.9 Å². The SMILES string of the molecule is O=C(Nc1ccc(C2CCCNC2)cc1)c1ccc(Cl)cc1.O=C(Nc1ccc(C2CNCC2F)cc1)c1ccc(Cl)cc1.O=C(Nc1ccc(N2CCNCC2)cc1)c1ccc(Cl)cc1. The third kappa shape index (κ3) is 14.1. The largest absolute Gasteiger partial charge is 0.369 e. The molecule has 3 fully saturated rings. The Bertz CT molecular complexity index is 2370. The van der Waals surface area contributed by atoms with E-state index in [1.54, 1.807) is 84.9 Å². The standard InChI is InChI=1S/C18H19ClN2O.C17H16ClFN2O.C17H18ClN3O/c19-16-7-3-14(4-8-16)18(22)21-17-9-5-13(6-10-17)15-2-1-11-20-12-15;18-13-5-1-12(2-6-13)17(22)21-14-7-3-11(4-8-14)15-9-20-10-16(15)19;18-14-3-1-13(2-4-14)17(22)20-15-5-7-16(8-6-15)21-11-9-19-10-12-21/h3-10,15,20H,1-2,11-12H2,(H,21,22);1-8,15-16,20H,9-10H2,(H,21,22);1-8,19H,9-12H2,(H,20,22). The van der Waals surface area contributed by atoms with Crippen LogP contribution in [0.3, 0.4) is 0 Å². The van der Waals surface area contributed by atoms with Gasteiger partial charge in [-0.3, -0.25) is 14.4 Å². The van der Waals surface area contributed by atoms with Crippen LogP contribution in [0, 0.1) is 0 Å². The molecule has 0 aromatic heterocycles. The zero-order valence-corrected chi connectivity index (χ0v) is 38.6. The van der Waals surface area contributed by atoms with Gasteiger partial charge in [0.15, 0.2) is 0 Å². The van der Waals surface area contributed by atoms with Gasteiger partial charge in [-0.2, -0.15) is 0 Å². The summed E-state index contributed by atoms with van der Waals surface area (Å²) in [5, 5.41) is 20.3. The lowest BCUT2D eigenvalue weighted by atomic mass is 9.91. The predicted molar refractivity (Wildman–Crippen MR) is 268 cm³/mol. The van der Waals surface area contributed by atoms with Gasteiger partial charge in [0, 0.05) is 106 Å². The minimum atomic E-state index is -0.852. The van der Waals surface area contributed by atoms with Gasteiger partial charge in [0.1, 0.15) is 6.17 Å². The van der Waals surface area contributed by atoms with Gasteiger partial charge in [0.25, 0.3) is 17.7 Å². The number of carbonyl (C=O) groups is 3. The number of hydrogen-bond acceptors (Lipinski definition) is 7. The van der Waals surface area contributed by atoms with Crippen LogP contribution in [0.4, 0.5) is 27.1 Å². The fourth-order valence-electron chi connectivity index (χ4n) is 7.85. The molecular weight excluding hydrogens is 896 g/mol. The Labute approximate surface area is 400 Å². The van der Waals surface area contributed by atoms with Crippen molar-refractivity contribution in [2.24, 2.45) is 0 Å². The number of benzene rings is 6. The molecule has 3 amide bonds. The van der Waals surface area contributed by atoms with Crippen molar-refractivity contribution in [1.82, 2.24) is 16.0 Å². The highest BCUT2D eigenvalue weighted by molar-refractivity contribution is 6.31. The first-order chi connectivity index (χ1) is 32.1. The molecule has 3 heterocycles. The van der Waals surface area contributed by atoms with Crippen LogP contribution >= 0.6 is 34.8 Å². The lowest BCUT2D eigenvalue weighted by molar-refractivity contribution is 0.101. The number of nitrogens with zero attached hydrogens (tertiary/aromatic N) is 1. The summed E-state index contributed by atoms with van der Waals surface area (Å²) in [5.41, 5.74) is 7.49. The Balaban J connectivity index is 0.000000147. The van der Waals surface area contributed by atoms with Crippen LogP contribution in [0.5, 0.6) is 0 Å². The molecule has 0 spiro atoms. The highest BCUT2D eigenvalue weighted by Gasteiger charge is 2.28. The van der Waals surface area contributed by atoms with Crippen LogP contribution in [-0.2, 0) is 0 Å². The van der Waals surface area contributed by atoms with E-state index in [2.05, 4.69) is 48.9 Å². The van der Waals surface area contributed by atoms with Gasteiger partial charge in [-0.15, -0.1) is 0 Å². The fourth-order valence-corrected chi connectivity index (χ4v) is 8.23. The number of piperidine rings is 1. The van der Waals surface area contributed by atoms with Crippen molar-refractivity contribution < 1.29 is 18.8 Å². The van der Waals surface area contributed by atoms with Gasteiger partial charge < -0.3 is 36.8 Å². The van der Waals surface area contributed by atoms with Crippen molar-refractivity contribution in [2.75, 3.05) is 73.2 Å². The van der Waals surface area contributed by atoms with Crippen molar-refractivity contribution in [1.29, 1.82) is 0 Å². The Hall–Kier alpha value is -5.79. The summed E-state index contributed by atoms with van der Waals surface area (Å²) in [5.74, 6) is 0.0152. The molecule has 14 heteroatoms. The third-order valence-corrected chi connectivity index (χ3v) is 12.4. The van der Waals surface area contributed by atoms with Gasteiger partial charge in [-0.1, -0.05) is 59.1 Å². The molecule has 342 valence electrons. The number of rotatable bonds is 9. The van der Waals surface area contributed by atoms with Crippen LogP contribution in [-0.4, -0.2) is 76.3 Å². The monoisotopic (exact) mass is 947 g/mol. The third-order valence-electron chi connectivity index (χ3n) is 11.6. The summed E-state index contributed by atoms with van der Waals surface area (Å²) < 4.78 is 13.7. The molecule has 6 aromatic carbocycles. The number of amides is 3. The summed E-state index contributed by atoms with van der Waals surface area (Å²) in [6, 6.07) is 43.9. The molecule has 0 bridgehead atoms. The van der Waals surface area contributed by atoms with Crippen molar-refractivity contribution in [3.8, 4) is 0 Å². The van der Waals surface area contributed by atoms with E-state index < -0.39 is 6.17 Å². The second kappa shape index (κ2) is 24.1. The zero-order valence-electron chi connectivity index (χ0n) is 36.3. The molecule has 9 rings (SSSR count). The number of nitrogens with one attached hydrogen (secondary N) is 6. The topological polar surface area (TPSA) is 127 Å². The molecule has 0 saturated carbocycles. The van der Waals surface area contributed by atoms with E-state index in [1.165, 1.54) is 24.1 Å². The van der Waals surface area contributed by atoms with Crippen LogP contribution in [0.2, 0.25) is 15.1 Å². The van der Waals surface area contributed by atoms with Gasteiger partial charge in [-0.25, -0.2) is 4.39 Å². The molecule has 0 aliphatic carbocycles. The summed E-state index contributed by atoms with van der Waals surface area (Å²) >= 11 is 17.5. The Morgan fingerprint density at radius 3 is 1.30 bits per heavy atom. The Kier molecular flexibility index (Phi) is 17.6. The number of anilines is 4. The average molecular weight is 949 g/mol. The van der Waals surface area contributed by atoms with E-state index in [-0.39, 0.29) is 23.6 Å². The first-order valence-electron chi connectivity index (χ1n) is 22.1. The second-order valence-electron chi connectivity index (χ2n) is 16.2. The highest BCUT2D eigenvalue weighted by atomic mass is 35.5. The van der Waals surface area contributed by atoms with Gasteiger partial charge in [0.05, 0.1) is 0 Å². The molecule has 3 atom stereocenters. The van der Waals surface area contributed by atoms with E-state index in [0.717, 1.165) is 56.2 Å². The summed E-state index contributed by atoms with van der Waals surface area (Å²) in [7, 11) is 0. The van der Waals surface area contributed by atoms with Crippen molar-refractivity contribution >= 4 is 75.3 Å². The number of carbonyl (C=O) groups excluding carboxylic acids is 3. The number of halogens is 4. The van der Waals surface area contributed by atoms with Crippen molar-refractivity contribution in [3.05, 3.63) is 188 Å². The van der Waals surface area contributed by atoms with Gasteiger partial charge >= 0.3 is 0 Å². The van der Waals surface area contributed by atoms with Gasteiger partial charge in [0.2, 0.25) is 0 Å². The maximum absolute atomic E-state index is 13.7. The molecule has 0 radical (unpaired) electrons. The minimum Gasteiger partial charge on any atom is -0.369 e. The zero-order chi connectivity index (χ0) is 46.3. The lowest BCUT2D eigenvalue weighted by Crippen LogP contribution is -2.43. The van der Waals surface area contributed by atoms with E-state index in [4.69, 9.17) is 34.8 Å². The smallest absolute Gasteiger partial charge is 0.255 e. The Morgan fingerprint density at radius 1 is 0.485 bits per heavy atom. The van der Waals surface area contributed by atoms with Crippen molar-refractivity contribution in [2.45, 2.75) is 30.8 Å². The molecule has 10 nitrogen and oxygen atoms in total. The summed E-state index contributed by atoms with van der Waals surface area (Å²) in [4.78, 5) is 38.7. The number of hydrogen-bond donors (Lipinski definition) is 6. The lowest BCUT2D eigenvalue weighted by Gasteiger charge is -2.29. The van der Waals surface area contributed by atoms with Gasteiger partial charge in [-0.05, 0) is 158 Å². The molecule has 3 saturated heterocycles. The minimum absolute atomic E-state index is 0.110. The molecule has 6 N–H and O–H groups in total. The molecule has 66 heavy (non-hydrogen) atoms. The van der Waals surface area contributed by atoms with E-state index >= 15 is 0 Å². The molecule has 3 unspecified atom stereocenters. The molecule has 3 aliphatic rings. The number of piperazine rings is 1. The fraction of sp³-hybridized carbons (Fsp3) is 0.250. The first kappa shape index (κ1) is 48.2.